The van der Waals surface area contributed by atoms with Crippen LogP contribution in [-0.4, -0.2) is 66.1 Å². The Labute approximate surface area is 106 Å². The van der Waals surface area contributed by atoms with Gasteiger partial charge in [0.2, 0.25) is 0 Å². The van der Waals surface area contributed by atoms with Gasteiger partial charge >= 0.3 is 18.1 Å². The van der Waals surface area contributed by atoms with E-state index in [2.05, 4.69) is 0 Å². The van der Waals surface area contributed by atoms with E-state index in [0.717, 1.165) is 0 Å². The van der Waals surface area contributed by atoms with E-state index in [1.807, 2.05) is 0 Å². The highest BCUT2D eigenvalue weighted by Gasteiger charge is 2.49. The summed E-state index contributed by atoms with van der Waals surface area (Å²) in [5.41, 5.74) is 0. The van der Waals surface area contributed by atoms with Crippen LogP contribution in [0.5, 0.6) is 0 Å². The van der Waals surface area contributed by atoms with Crippen molar-refractivity contribution in [2.45, 2.75) is 30.9 Å². The van der Waals surface area contributed by atoms with Crippen LogP contribution in [0.15, 0.2) is 0 Å². The number of halogens is 3. The van der Waals surface area contributed by atoms with Gasteiger partial charge in [0.25, 0.3) is 0 Å². The first kappa shape index (κ1) is 14.1. The first-order chi connectivity index (χ1) is 8.77. The van der Waals surface area contributed by atoms with E-state index in [1.54, 1.807) is 0 Å². The lowest BCUT2D eigenvalue weighted by Crippen LogP contribution is -2.43. The second-order valence-electron chi connectivity index (χ2n) is 4.47. The fraction of sp³-hybridized carbons (Fsp3) is 0.800. The molecule has 0 radical (unpaired) electrons. The molecule has 0 aromatic carbocycles. The zero-order chi connectivity index (χ0) is 14.2. The van der Waals surface area contributed by atoms with Gasteiger partial charge in [0.15, 0.2) is 0 Å². The largest absolute Gasteiger partial charge is 0.481 e. The third-order valence-electron chi connectivity index (χ3n) is 3.01. The van der Waals surface area contributed by atoms with Crippen molar-refractivity contribution in [2.24, 2.45) is 0 Å². The number of fused-ring (bicyclic) bond motifs is 1. The average Bonchev–Trinajstić information content (AvgIpc) is 2.68. The molecule has 0 spiro atoms. The Bertz CT molecular complexity index is 386. The molecule has 2 saturated heterocycles. The van der Waals surface area contributed by atoms with Gasteiger partial charge in [0, 0.05) is 13.1 Å². The van der Waals surface area contributed by atoms with Gasteiger partial charge in [-0.25, -0.2) is 0 Å². The Balaban J connectivity index is 1.94. The molecule has 0 aliphatic carbocycles. The van der Waals surface area contributed by atoms with Crippen LogP contribution in [0.2, 0.25) is 0 Å². The van der Waals surface area contributed by atoms with Gasteiger partial charge in [-0.15, -0.1) is 0 Å². The van der Waals surface area contributed by atoms with Gasteiger partial charge in [-0.1, -0.05) is 0 Å². The van der Waals surface area contributed by atoms with Crippen LogP contribution in [0.3, 0.4) is 0 Å². The molecule has 2 heterocycles. The molecular weight excluding hydrogens is 271 g/mol. The quantitative estimate of drug-likeness (QED) is 0.773. The zero-order valence-corrected chi connectivity index (χ0v) is 9.72. The highest BCUT2D eigenvalue weighted by atomic mass is 19.4. The number of amides is 1. The normalized spacial score (nSPS) is 31.1. The van der Waals surface area contributed by atoms with Crippen LogP contribution in [0, 0.1) is 0 Å². The van der Waals surface area contributed by atoms with E-state index in [1.165, 1.54) is 0 Å². The number of aliphatic carboxylic acids is 1. The summed E-state index contributed by atoms with van der Waals surface area (Å²) in [7, 11) is 0. The molecule has 2 aliphatic heterocycles. The first-order valence-corrected chi connectivity index (χ1v) is 5.62. The second-order valence-corrected chi connectivity index (χ2v) is 4.47. The topological polar surface area (TPSA) is 76.1 Å². The van der Waals surface area contributed by atoms with Crippen molar-refractivity contribution in [1.29, 1.82) is 0 Å². The predicted octanol–water partition coefficient (Wildman–Crippen LogP) is 0.0182. The molecule has 3 unspecified atom stereocenters. The molecule has 2 rings (SSSR count). The Morgan fingerprint density at radius 2 is 1.89 bits per heavy atom. The summed E-state index contributed by atoms with van der Waals surface area (Å²) in [6.45, 7) is -0.427. The van der Waals surface area contributed by atoms with Crippen molar-refractivity contribution < 1.29 is 37.3 Å². The highest BCUT2D eigenvalue weighted by molar-refractivity contribution is 5.82. The van der Waals surface area contributed by atoms with Crippen molar-refractivity contribution >= 4 is 11.9 Å². The van der Waals surface area contributed by atoms with Crippen molar-refractivity contribution in [1.82, 2.24) is 4.90 Å². The van der Waals surface area contributed by atoms with E-state index < -0.39 is 36.4 Å². The standard InChI is InChI=1S/C10H12F3NO5/c11-10(12,13)9(17)14-2-6-7(3-14)19-5(4-18-6)1-8(15)16/h5-7H,1-4H2,(H,15,16). The number of carboxylic acid groups (broad SMARTS) is 1. The number of alkyl halides is 3. The molecule has 19 heavy (non-hydrogen) atoms. The maximum absolute atomic E-state index is 12.3. The van der Waals surface area contributed by atoms with Crippen LogP contribution in [0.25, 0.3) is 0 Å². The maximum atomic E-state index is 12.3. The third kappa shape index (κ3) is 3.16. The molecule has 2 fully saturated rings. The fourth-order valence-electron chi connectivity index (χ4n) is 2.20. The minimum Gasteiger partial charge on any atom is -0.481 e. The molecule has 0 aromatic rings. The number of likely N-dealkylation sites (tertiary alicyclic amines) is 1. The number of ether oxygens (including phenoxy) is 2. The SMILES string of the molecule is O=C(O)CC1COC2CN(C(=O)C(F)(F)F)CC2O1. The summed E-state index contributed by atoms with van der Waals surface area (Å²) in [6.07, 6.45) is -7.23. The monoisotopic (exact) mass is 283 g/mol. The van der Waals surface area contributed by atoms with E-state index >= 15 is 0 Å². The lowest BCUT2D eigenvalue weighted by Gasteiger charge is -2.30. The fourth-order valence-corrected chi connectivity index (χ4v) is 2.20. The molecule has 9 heteroatoms. The van der Waals surface area contributed by atoms with Crippen LogP contribution >= 0.6 is 0 Å². The van der Waals surface area contributed by atoms with E-state index in [9.17, 15) is 22.8 Å². The van der Waals surface area contributed by atoms with Crippen molar-refractivity contribution in [2.75, 3.05) is 19.7 Å². The second kappa shape index (κ2) is 4.97. The summed E-state index contributed by atoms with van der Waals surface area (Å²) < 4.78 is 47.4. The zero-order valence-electron chi connectivity index (χ0n) is 9.72. The molecule has 0 saturated carbocycles. The summed E-state index contributed by atoms with van der Waals surface area (Å²) in [5.74, 6) is -3.00. The average molecular weight is 283 g/mol. The Kier molecular flexibility index (Phi) is 3.68. The molecule has 0 bridgehead atoms. The predicted molar refractivity (Wildman–Crippen MR) is 53.3 cm³/mol. The molecule has 6 nitrogen and oxygen atoms in total. The molecule has 2 aliphatic rings. The van der Waals surface area contributed by atoms with Gasteiger partial charge in [-0.3, -0.25) is 9.59 Å². The van der Waals surface area contributed by atoms with Crippen LogP contribution < -0.4 is 0 Å². The molecule has 1 amide bonds. The molecule has 0 aromatic heterocycles. The number of hydrogen-bond donors (Lipinski definition) is 1. The van der Waals surface area contributed by atoms with Gasteiger partial charge in [-0.2, -0.15) is 13.2 Å². The lowest BCUT2D eigenvalue weighted by atomic mass is 10.2. The lowest BCUT2D eigenvalue weighted by molar-refractivity contribution is -0.184. The number of rotatable bonds is 2. The number of carbonyl (C=O) groups is 2. The van der Waals surface area contributed by atoms with Gasteiger partial charge in [0.05, 0.1) is 19.1 Å². The van der Waals surface area contributed by atoms with Crippen molar-refractivity contribution in [3.05, 3.63) is 0 Å². The minimum atomic E-state index is -4.92. The van der Waals surface area contributed by atoms with Crippen molar-refractivity contribution in [3.8, 4) is 0 Å². The van der Waals surface area contributed by atoms with Crippen LogP contribution in [-0.2, 0) is 19.1 Å². The van der Waals surface area contributed by atoms with Crippen LogP contribution in [0.4, 0.5) is 13.2 Å². The Hall–Kier alpha value is -1.35. The van der Waals surface area contributed by atoms with Crippen molar-refractivity contribution in [3.63, 3.8) is 0 Å². The van der Waals surface area contributed by atoms with Crippen LogP contribution in [0.1, 0.15) is 6.42 Å². The summed E-state index contributed by atoms with van der Waals surface area (Å²) in [5, 5.41) is 8.60. The highest BCUT2D eigenvalue weighted by Crippen LogP contribution is 2.28. The molecule has 1 N–H and O–H groups in total. The third-order valence-corrected chi connectivity index (χ3v) is 3.01. The van der Waals surface area contributed by atoms with Gasteiger partial charge in [0.1, 0.15) is 12.2 Å². The molecular formula is C10H12F3NO5. The van der Waals surface area contributed by atoms with Gasteiger partial charge < -0.3 is 19.5 Å². The summed E-state index contributed by atoms with van der Waals surface area (Å²) in [6, 6.07) is 0. The van der Waals surface area contributed by atoms with E-state index in [0.29, 0.717) is 4.90 Å². The molecule has 3 atom stereocenters. The number of hydrogen-bond acceptors (Lipinski definition) is 4. The van der Waals surface area contributed by atoms with E-state index in [4.69, 9.17) is 14.6 Å². The Morgan fingerprint density at radius 1 is 1.26 bits per heavy atom. The number of nitrogens with zero attached hydrogens (tertiary/aromatic N) is 1. The maximum Gasteiger partial charge on any atom is 0.471 e. The molecule has 108 valence electrons. The summed E-state index contributed by atoms with van der Waals surface area (Å²) in [4.78, 5) is 22.2. The number of carboxylic acids is 1. The number of carbonyl (C=O) groups excluding carboxylic acids is 1. The first-order valence-electron chi connectivity index (χ1n) is 5.62. The van der Waals surface area contributed by atoms with E-state index in [-0.39, 0.29) is 26.1 Å². The Morgan fingerprint density at radius 3 is 2.47 bits per heavy atom. The smallest absolute Gasteiger partial charge is 0.471 e. The minimum absolute atomic E-state index is 0.00150. The summed E-state index contributed by atoms with van der Waals surface area (Å²) >= 11 is 0. The van der Waals surface area contributed by atoms with Gasteiger partial charge in [-0.05, 0) is 0 Å².